The molecule has 0 saturated carbocycles. The second-order valence-electron chi connectivity index (χ2n) is 6.34. The van der Waals surface area contributed by atoms with Crippen molar-refractivity contribution >= 4 is 52.0 Å². The molecule has 27 heavy (non-hydrogen) atoms. The normalized spacial score (nSPS) is 15.6. The molecule has 2 aromatic carbocycles. The summed E-state index contributed by atoms with van der Waals surface area (Å²) in [6.45, 7) is 1.98. The standard InChI is InChI=1S/C20H20ClN3O2S/c1-13-16(21)5-4-6-17(13)22-12-24-19(25)18(27-20(24)26)11-14-7-9-15(10-8-14)23(2)3/h4-11,22H,12H2,1-3H3/b18-11+. The number of carbonyl (C=O) groups excluding carboxylic acids is 2. The van der Waals surface area contributed by atoms with Gasteiger partial charge in [0.25, 0.3) is 11.1 Å². The van der Waals surface area contributed by atoms with E-state index in [2.05, 4.69) is 5.32 Å². The molecular weight excluding hydrogens is 382 g/mol. The van der Waals surface area contributed by atoms with Crippen molar-refractivity contribution in [2.45, 2.75) is 6.92 Å². The number of benzene rings is 2. The van der Waals surface area contributed by atoms with Crippen molar-refractivity contribution in [3.8, 4) is 0 Å². The third-order valence-electron chi connectivity index (χ3n) is 4.28. The van der Waals surface area contributed by atoms with E-state index in [1.165, 1.54) is 4.90 Å². The first-order valence-corrected chi connectivity index (χ1v) is 9.58. The van der Waals surface area contributed by atoms with Crippen LogP contribution in [0.5, 0.6) is 0 Å². The quantitative estimate of drug-likeness (QED) is 0.728. The highest BCUT2D eigenvalue weighted by Gasteiger charge is 2.34. The van der Waals surface area contributed by atoms with Crippen LogP contribution in [0.25, 0.3) is 6.08 Å². The number of nitrogens with zero attached hydrogens (tertiary/aromatic N) is 2. The Balaban J connectivity index is 1.71. The molecule has 2 amide bonds. The van der Waals surface area contributed by atoms with Crippen molar-refractivity contribution in [3.63, 3.8) is 0 Å². The molecule has 2 aromatic rings. The third kappa shape index (κ3) is 4.28. The van der Waals surface area contributed by atoms with Crippen molar-refractivity contribution in [1.82, 2.24) is 4.90 Å². The van der Waals surface area contributed by atoms with E-state index in [0.717, 1.165) is 34.3 Å². The average Bonchev–Trinajstić information content (AvgIpc) is 2.90. The van der Waals surface area contributed by atoms with E-state index in [4.69, 9.17) is 11.6 Å². The van der Waals surface area contributed by atoms with Gasteiger partial charge in [-0.25, -0.2) is 0 Å². The van der Waals surface area contributed by atoms with Gasteiger partial charge in [0.05, 0.1) is 11.6 Å². The number of hydrogen-bond donors (Lipinski definition) is 1. The molecule has 5 nitrogen and oxygen atoms in total. The van der Waals surface area contributed by atoms with Gasteiger partial charge in [-0.05, 0) is 60.2 Å². The molecule has 0 bridgehead atoms. The Labute approximate surface area is 168 Å². The molecule has 1 fully saturated rings. The first kappa shape index (κ1) is 19.3. The summed E-state index contributed by atoms with van der Waals surface area (Å²) in [6.07, 6.45) is 1.75. The number of nitrogens with one attached hydrogen (secondary N) is 1. The summed E-state index contributed by atoms with van der Waals surface area (Å²) in [4.78, 5) is 28.5. The molecule has 1 saturated heterocycles. The number of anilines is 2. The topological polar surface area (TPSA) is 52.7 Å². The summed E-state index contributed by atoms with van der Waals surface area (Å²) in [6, 6.07) is 13.3. The number of amides is 2. The van der Waals surface area contributed by atoms with Crippen molar-refractivity contribution in [3.05, 3.63) is 63.5 Å². The number of thioether (sulfide) groups is 1. The first-order chi connectivity index (χ1) is 12.9. The molecule has 0 atom stereocenters. The SMILES string of the molecule is Cc1c(Cl)cccc1NCN1C(=O)S/C(=C/c2ccc(N(C)C)cc2)C1=O. The van der Waals surface area contributed by atoms with Gasteiger partial charge in [-0.2, -0.15) is 0 Å². The predicted molar refractivity (Wildman–Crippen MR) is 113 cm³/mol. The van der Waals surface area contributed by atoms with E-state index in [9.17, 15) is 9.59 Å². The number of carbonyl (C=O) groups is 2. The Bertz CT molecular complexity index is 910. The maximum atomic E-state index is 12.6. The Morgan fingerprint density at radius 1 is 1.15 bits per heavy atom. The van der Waals surface area contributed by atoms with Gasteiger partial charge in [0.1, 0.15) is 0 Å². The van der Waals surface area contributed by atoms with Crippen LogP contribution in [-0.2, 0) is 4.79 Å². The lowest BCUT2D eigenvalue weighted by Gasteiger charge is -2.16. The summed E-state index contributed by atoms with van der Waals surface area (Å²) in [5.74, 6) is -0.297. The highest BCUT2D eigenvalue weighted by Crippen LogP contribution is 2.32. The zero-order chi connectivity index (χ0) is 19.6. The van der Waals surface area contributed by atoms with E-state index >= 15 is 0 Å². The van der Waals surface area contributed by atoms with Gasteiger partial charge in [0.2, 0.25) is 0 Å². The van der Waals surface area contributed by atoms with Crippen LogP contribution in [0.2, 0.25) is 5.02 Å². The molecule has 1 heterocycles. The minimum Gasteiger partial charge on any atom is -0.378 e. The number of imide groups is 1. The fourth-order valence-electron chi connectivity index (χ4n) is 2.62. The Kier molecular flexibility index (Phi) is 5.77. The van der Waals surface area contributed by atoms with Crippen LogP contribution in [0.3, 0.4) is 0 Å². The van der Waals surface area contributed by atoms with Crippen molar-refractivity contribution in [2.75, 3.05) is 31.0 Å². The highest BCUT2D eigenvalue weighted by molar-refractivity contribution is 8.18. The summed E-state index contributed by atoms with van der Waals surface area (Å²) < 4.78 is 0. The zero-order valence-corrected chi connectivity index (χ0v) is 16.9. The van der Waals surface area contributed by atoms with E-state index in [-0.39, 0.29) is 17.8 Å². The van der Waals surface area contributed by atoms with Crippen LogP contribution in [0.4, 0.5) is 16.2 Å². The molecule has 1 N–H and O–H groups in total. The Morgan fingerprint density at radius 2 is 1.85 bits per heavy atom. The molecule has 1 aliphatic heterocycles. The van der Waals surface area contributed by atoms with E-state index in [1.807, 2.05) is 62.3 Å². The van der Waals surface area contributed by atoms with Gasteiger partial charge in [-0.15, -0.1) is 0 Å². The van der Waals surface area contributed by atoms with Gasteiger partial charge in [0.15, 0.2) is 0 Å². The van der Waals surface area contributed by atoms with Crippen LogP contribution in [0.15, 0.2) is 47.4 Å². The lowest BCUT2D eigenvalue weighted by atomic mass is 10.2. The fraction of sp³-hybridized carbons (Fsp3) is 0.200. The minimum atomic E-state index is -0.297. The van der Waals surface area contributed by atoms with Crippen LogP contribution >= 0.6 is 23.4 Å². The number of hydrogen-bond acceptors (Lipinski definition) is 5. The first-order valence-electron chi connectivity index (χ1n) is 8.38. The number of halogens is 1. The molecule has 1 aliphatic rings. The van der Waals surface area contributed by atoms with Crippen LogP contribution < -0.4 is 10.2 Å². The summed E-state index contributed by atoms with van der Waals surface area (Å²) in [5.41, 5.74) is 3.62. The van der Waals surface area contributed by atoms with Gasteiger partial charge >= 0.3 is 0 Å². The van der Waals surface area contributed by atoms with Crippen LogP contribution in [-0.4, -0.2) is 36.8 Å². The maximum absolute atomic E-state index is 12.6. The lowest BCUT2D eigenvalue weighted by Crippen LogP contribution is -2.33. The molecule has 7 heteroatoms. The van der Waals surface area contributed by atoms with E-state index in [1.54, 1.807) is 12.1 Å². The van der Waals surface area contributed by atoms with Crippen molar-refractivity contribution in [2.24, 2.45) is 0 Å². The molecule has 0 radical (unpaired) electrons. The van der Waals surface area contributed by atoms with Crippen molar-refractivity contribution in [1.29, 1.82) is 0 Å². The minimum absolute atomic E-state index is 0.1000. The molecule has 0 aromatic heterocycles. The summed E-state index contributed by atoms with van der Waals surface area (Å²) >= 11 is 7.06. The van der Waals surface area contributed by atoms with E-state index in [0.29, 0.717) is 9.93 Å². The van der Waals surface area contributed by atoms with Gasteiger partial charge < -0.3 is 10.2 Å². The van der Waals surface area contributed by atoms with Gasteiger partial charge in [-0.3, -0.25) is 14.5 Å². The monoisotopic (exact) mass is 401 g/mol. The van der Waals surface area contributed by atoms with Gasteiger partial charge in [-0.1, -0.05) is 29.8 Å². The predicted octanol–water partition coefficient (Wildman–Crippen LogP) is 4.82. The number of rotatable bonds is 5. The van der Waals surface area contributed by atoms with Crippen LogP contribution in [0.1, 0.15) is 11.1 Å². The molecule has 140 valence electrons. The Hall–Kier alpha value is -2.44. The third-order valence-corrected chi connectivity index (χ3v) is 5.59. The lowest BCUT2D eigenvalue weighted by molar-refractivity contribution is -0.122. The smallest absolute Gasteiger partial charge is 0.295 e. The summed E-state index contributed by atoms with van der Waals surface area (Å²) in [5, 5.41) is 3.46. The van der Waals surface area contributed by atoms with Gasteiger partial charge in [0, 0.05) is 30.5 Å². The molecule has 3 rings (SSSR count). The van der Waals surface area contributed by atoms with Crippen LogP contribution in [0, 0.1) is 6.92 Å². The molecule has 0 spiro atoms. The zero-order valence-electron chi connectivity index (χ0n) is 15.3. The molecule has 0 unspecified atom stereocenters. The van der Waals surface area contributed by atoms with Crippen molar-refractivity contribution < 1.29 is 9.59 Å². The average molecular weight is 402 g/mol. The van der Waals surface area contributed by atoms with E-state index < -0.39 is 0 Å². The molecule has 0 aliphatic carbocycles. The maximum Gasteiger partial charge on any atom is 0.295 e. The highest BCUT2D eigenvalue weighted by atomic mass is 35.5. The second kappa shape index (κ2) is 8.06. The largest absolute Gasteiger partial charge is 0.378 e. The fourth-order valence-corrected chi connectivity index (χ4v) is 3.63. The summed E-state index contributed by atoms with van der Waals surface area (Å²) in [7, 11) is 3.93. The second-order valence-corrected chi connectivity index (χ2v) is 7.74. The molecular formula is C20H20ClN3O2S. The Morgan fingerprint density at radius 3 is 2.52 bits per heavy atom.